The highest BCUT2D eigenvalue weighted by Crippen LogP contribution is 2.28. The molecule has 0 atom stereocenters. The molecular formula is C31H27Cl2N3O. The number of hydrogen-bond donors (Lipinski definition) is 1. The molecule has 0 spiro atoms. The van der Waals surface area contributed by atoms with E-state index in [1.165, 1.54) is 5.56 Å². The van der Waals surface area contributed by atoms with Crippen LogP contribution in [0.5, 0.6) is 0 Å². The minimum atomic E-state index is 0.0174. The van der Waals surface area contributed by atoms with E-state index in [2.05, 4.69) is 40.2 Å². The third kappa shape index (κ3) is 6.04. The van der Waals surface area contributed by atoms with E-state index in [9.17, 15) is 4.79 Å². The van der Waals surface area contributed by atoms with Crippen LogP contribution in [0.15, 0.2) is 97.1 Å². The number of para-hydroxylation sites is 2. The Hall–Kier alpha value is -3.60. The first-order valence-electron chi connectivity index (χ1n) is 12.4. The molecular weight excluding hydrogens is 501 g/mol. The molecule has 4 nitrogen and oxygen atoms in total. The van der Waals surface area contributed by atoms with E-state index >= 15 is 0 Å². The smallest absolute Gasteiger partial charge is 0.224 e. The van der Waals surface area contributed by atoms with Crippen LogP contribution in [0.25, 0.3) is 22.2 Å². The Morgan fingerprint density at radius 3 is 2.22 bits per heavy atom. The maximum atomic E-state index is 12.5. The number of halogens is 2. The van der Waals surface area contributed by atoms with Crippen molar-refractivity contribution < 1.29 is 4.79 Å². The molecule has 0 aliphatic rings. The topological polar surface area (TPSA) is 46.9 Å². The van der Waals surface area contributed by atoms with Crippen molar-refractivity contribution in [3.05, 3.63) is 124 Å². The minimum Gasteiger partial charge on any atom is -0.356 e. The lowest BCUT2D eigenvalue weighted by Gasteiger charge is -2.12. The van der Waals surface area contributed by atoms with E-state index in [-0.39, 0.29) is 5.91 Å². The van der Waals surface area contributed by atoms with Crippen LogP contribution >= 0.6 is 23.2 Å². The molecule has 0 fully saturated rings. The van der Waals surface area contributed by atoms with Crippen LogP contribution in [-0.2, 0) is 24.2 Å². The average Bonchev–Trinajstić information content (AvgIpc) is 3.27. The SMILES string of the molecule is O=C(Cc1ccc(-c2ccccc2)cc1)NCCCc1nc2ccccc2n1Cc1c(Cl)cccc1Cl. The van der Waals surface area contributed by atoms with Gasteiger partial charge in [0, 0.05) is 28.6 Å². The number of imidazole rings is 1. The first kappa shape index (κ1) is 25.1. The summed E-state index contributed by atoms with van der Waals surface area (Å²) in [5.41, 5.74) is 6.16. The molecule has 4 aromatic carbocycles. The quantitative estimate of drug-likeness (QED) is 0.203. The predicted octanol–water partition coefficient (Wildman–Crippen LogP) is 7.35. The summed E-state index contributed by atoms with van der Waals surface area (Å²) in [6.45, 7) is 1.12. The predicted molar refractivity (Wildman–Crippen MR) is 152 cm³/mol. The molecule has 0 saturated carbocycles. The van der Waals surface area contributed by atoms with Crippen molar-refractivity contribution in [3.63, 3.8) is 0 Å². The van der Waals surface area contributed by atoms with E-state index in [1.54, 1.807) is 0 Å². The lowest BCUT2D eigenvalue weighted by molar-refractivity contribution is -0.120. The Bertz CT molecular complexity index is 1490. The molecule has 5 rings (SSSR count). The van der Waals surface area contributed by atoms with Gasteiger partial charge in [-0.15, -0.1) is 0 Å². The second-order valence-electron chi connectivity index (χ2n) is 9.00. The largest absolute Gasteiger partial charge is 0.356 e. The van der Waals surface area contributed by atoms with Crippen molar-refractivity contribution in [2.75, 3.05) is 6.54 Å². The van der Waals surface area contributed by atoms with Gasteiger partial charge in [0.1, 0.15) is 5.82 Å². The fraction of sp³-hybridized carbons (Fsp3) is 0.161. The maximum Gasteiger partial charge on any atom is 0.224 e. The van der Waals surface area contributed by atoms with Gasteiger partial charge in [0.15, 0.2) is 0 Å². The highest BCUT2D eigenvalue weighted by molar-refractivity contribution is 6.36. The first-order valence-corrected chi connectivity index (χ1v) is 13.1. The van der Waals surface area contributed by atoms with E-state index in [0.717, 1.165) is 46.4 Å². The molecule has 1 N–H and O–H groups in total. The number of carbonyl (C=O) groups is 1. The molecule has 1 heterocycles. The van der Waals surface area contributed by atoms with Gasteiger partial charge in [-0.2, -0.15) is 0 Å². The fourth-order valence-electron chi connectivity index (χ4n) is 4.50. The monoisotopic (exact) mass is 527 g/mol. The lowest BCUT2D eigenvalue weighted by Crippen LogP contribution is -2.26. The Labute approximate surface area is 226 Å². The van der Waals surface area contributed by atoms with Gasteiger partial charge in [0.05, 0.1) is 24.0 Å². The molecule has 1 amide bonds. The lowest BCUT2D eigenvalue weighted by atomic mass is 10.0. The molecule has 0 radical (unpaired) electrons. The zero-order chi connectivity index (χ0) is 25.6. The van der Waals surface area contributed by atoms with Crippen LogP contribution in [0.1, 0.15) is 23.4 Å². The van der Waals surface area contributed by atoms with Gasteiger partial charge in [-0.05, 0) is 47.4 Å². The number of nitrogens with zero attached hydrogens (tertiary/aromatic N) is 2. The number of aromatic nitrogens is 2. The number of benzene rings is 4. The summed E-state index contributed by atoms with van der Waals surface area (Å²) >= 11 is 12.9. The van der Waals surface area contributed by atoms with E-state index in [1.807, 2.05) is 66.7 Å². The zero-order valence-electron chi connectivity index (χ0n) is 20.3. The van der Waals surface area contributed by atoms with Gasteiger partial charge < -0.3 is 9.88 Å². The molecule has 5 aromatic rings. The van der Waals surface area contributed by atoms with Crippen molar-refractivity contribution in [2.24, 2.45) is 0 Å². The Balaban J connectivity index is 1.19. The molecule has 0 aliphatic heterocycles. The number of carbonyl (C=O) groups excluding carboxylic acids is 1. The fourth-order valence-corrected chi connectivity index (χ4v) is 5.02. The molecule has 37 heavy (non-hydrogen) atoms. The Morgan fingerprint density at radius 2 is 1.46 bits per heavy atom. The standard InChI is InChI=1S/C31H27Cl2N3O/c32-26-10-6-11-27(33)25(26)21-36-29-13-5-4-12-28(29)35-30(36)14-7-19-34-31(37)20-22-15-17-24(18-16-22)23-8-2-1-3-9-23/h1-6,8-13,15-18H,7,14,19-21H2,(H,34,37). The molecule has 6 heteroatoms. The number of nitrogens with one attached hydrogen (secondary N) is 1. The molecule has 186 valence electrons. The molecule has 0 unspecified atom stereocenters. The van der Waals surface area contributed by atoms with Gasteiger partial charge in [0.25, 0.3) is 0 Å². The van der Waals surface area contributed by atoms with Crippen molar-refractivity contribution in [2.45, 2.75) is 25.8 Å². The second kappa shape index (κ2) is 11.6. The average molecular weight is 528 g/mol. The molecule has 0 bridgehead atoms. The third-order valence-corrected chi connectivity index (χ3v) is 7.14. The summed E-state index contributed by atoms with van der Waals surface area (Å²) < 4.78 is 2.17. The van der Waals surface area contributed by atoms with Crippen LogP contribution in [0.2, 0.25) is 10.0 Å². The summed E-state index contributed by atoms with van der Waals surface area (Å²) in [6, 6.07) is 32.0. The van der Waals surface area contributed by atoms with Crippen LogP contribution in [0, 0.1) is 0 Å². The van der Waals surface area contributed by atoms with Gasteiger partial charge in [-0.3, -0.25) is 4.79 Å². The van der Waals surface area contributed by atoms with Gasteiger partial charge in [-0.1, -0.05) is 96.0 Å². The highest BCUT2D eigenvalue weighted by Gasteiger charge is 2.14. The number of rotatable bonds is 9. The normalized spacial score (nSPS) is 11.1. The van der Waals surface area contributed by atoms with Gasteiger partial charge in [0.2, 0.25) is 5.91 Å². The van der Waals surface area contributed by atoms with Crippen molar-refractivity contribution in [1.29, 1.82) is 0 Å². The van der Waals surface area contributed by atoms with Gasteiger partial charge >= 0.3 is 0 Å². The van der Waals surface area contributed by atoms with Crippen molar-refractivity contribution in [1.82, 2.24) is 14.9 Å². The van der Waals surface area contributed by atoms with Crippen molar-refractivity contribution in [3.8, 4) is 11.1 Å². The van der Waals surface area contributed by atoms with E-state index in [4.69, 9.17) is 28.2 Å². The summed E-state index contributed by atoms with van der Waals surface area (Å²) in [5.74, 6) is 0.965. The minimum absolute atomic E-state index is 0.0174. The Kier molecular flexibility index (Phi) is 7.88. The van der Waals surface area contributed by atoms with Crippen LogP contribution in [0.3, 0.4) is 0 Å². The third-order valence-electron chi connectivity index (χ3n) is 6.44. The molecule has 0 aliphatic carbocycles. The number of amides is 1. The highest BCUT2D eigenvalue weighted by atomic mass is 35.5. The number of hydrogen-bond acceptors (Lipinski definition) is 2. The van der Waals surface area contributed by atoms with E-state index in [0.29, 0.717) is 29.6 Å². The van der Waals surface area contributed by atoms with Crippen molar-refractivity contribution >= 4 is 40.1 Å². The van der Waals surface area contributed by atoms with Crippen LogP contribution < -0.4 is 5.32 Å². The van der Waals surface area contributed by atoms with Gasteiger partial charge in [-0.25, -0.2) is 4.98 Å². The number of fused-ring (bicyclic) bond motifs is 1. The summed E-state index contributed by atoms with van der Waals surface area (Å²) in [7, 11) is 0. The van der Waals surface area contributed by atoms with E-state index < -0.39 is 0 Å². The first-order chi connectivity index (χ1) is 18.1. The maximum absolute atomic E-state index is 12.5. The summed E-state index contributed by atoms with van der Waals surface area (Å²) in [5, 5.41) is 4.33. The van der Waals surface area contributed by atoms with Crippen LogP contribution in [0.4, 0.5) is 0 Å². The Morgan fingerprint density at radius 1 is 0.784 bits per heavy atom. The zero-order valence-corrected chi connectivity index (χ0v) is 21.8. The summed E-state index contributed by atoms with van der Waals surface area (Å²) in [4.78, 5) is 17.4. The second-order valence-corrected chi connectivity index (χ2v) is 9.81. The van der Waals surface area contributed by atoms with Crippen LogP contribution in [-0.4, -0.2) is 22.0 Å². The summed E-state index contributed by atoms with van der Waals surface area (Å²) in [6.07, 6.45) is 1.86. The number of aryl methyl sites for hydroxylation is 1. The molecule has 0 saturated heterocycles. The molecule has 1 aromatic heterocycles.